The van der Waals surface area contributed by atoms with Crippen LogP contribution in [0.25, 0.3) is 0 Å². The van der Waals surface area contributed by atoms with Gasteiger partial charge in [0.25, 0.3) is 0 Å². The van der Waals surface area contributed by atoms with Crippen molar-refractivity contribution in [3.8, 4) is 0 Å². The summed E-state index contributed by atoms with van der Waals surface area (Å²) >= 11 is 1.29. The number of nitrogens with zero attached hydrogens (tertiary/aromatic N) is 3. The van der Waals surface area contributed by atoms with Crippen molar-refractivity contribution < 1.29 is 4.79 Å². The molecule has 1 aromatic carbocycles. The molecule has 2 amide bonds. The van der Waals surface area contributed by atoms with Gasteiger partial charge in [-0.1, -0.05) is 6.07 Å². The van der Waals surface area contributed by atoms with Gasteiger partial charge in [-0.25, -0.2) is 4.79 Å². The summed E-state index contributed by atoms with van der Waals surface area (Å²) < 4.78 is 5.01. The van der Waals surface area contributed by atoms with E-state index in [4.69, 9.17) is 5.10 Å². The van der Waals surface area contributed by atoms with Crippen LogP contribution in [0.4, 0.5) is 10.5 Å². The van der Waals surface area contributed by atoms with Gasteiger partial charge < -0.3 is 10.2 Å². The number of benzene rings is 1. The zero-order valence-electron chi connectivity index (χ0n) is 18.5. The van der Waals surface area contributed by atoms with E-state index in [2.05, 4.69) is 59.7 Å². The normalized spacial score (nSPS) is 15.0. The first-order valence-electron chi connectivity index (χ1n) is 11.1. The van der Waals surface area contributed by atoms with Crippen molar-refractivity contribution >= 4 is 23.7 Å². The van der Waals surface area contributed by atoms with Crippen LogP contribution in [0.1, 0.15) is 60.7 Å². The van der Waals surface area contributed by atoms with Crippen LogP contribution in [0.15, 0.2) is 17.2 Å². The number of urea groups is 1. The molecule has 0 saturated carbocycles. The first kappa shape index (κ1) is 21.2. The number of hydrogen-bond acceptors (Lipinski definition) is 4. The van der Waals surface area contributed by atoms with Crippen LogP contribution in [-0.2, 0) is 32.1 Å². The van der Waals surface area contributed by atoms with Crippen LogP contribution in [0.2, 0.25) is 0 Å². The Morgan fingerprint density at radius 2 is 1.80 bits per heavy atom. The lowest BCUT2D eigenvalue weighted by molar-refractivity contribution is 0.257. The number of nitrogens with one attached hydrogen (secondary N) is 2. The highest BCUT2D eigenvalue weighted by Gasteiger charge is 2.25. The van der Waals surface area contributed by atoms with E-state index < -0.39 is 0 Å². The third kappa shape index (κ3) is 4.52. The molecule has 0 spiro atoms. The molecule has 2 aliphatic carbocycles. The first-order chi connectivity index (χ1) is 14.4. The molecule has 0 fully saturated rings. The van der Waals surface area contributed by atoms with E-state index in [1.807, 2.05) is 0 Å². The van der Waals surface area contributed by atoms with Crippen LogP contribution in [0, 0.1) is 0 Å². The van der Waals surface area contributed by atoms with Gasteiger partial charge in [0.05, 0.1) is 0 Å². The lowest BCUT2D eigenvalue weighted by Crippen LogP contribution is -2.24. The smallest absolute Gasteiger partial charge is 0.309 e. The number of aromatic nitrogens is 2. The molecule has 2 N–H and O–H groups in total. The van der Waals surface area contributed by atoms with Gasteiger partial charge in [0.2, 0.25) is 0 Å². The molecule has 1 aromatic heterocycles. The number of hydrogen-bond donors (Lipinski definition) is 2. The van der Waals surface area contributed by atoms with Crippen LogP contribution >= 0.6 is 11.9 Å². The van der Waals surface area contributed by atoms with Crippen LogP contribution in [0.3, 0.4) is 0 Å². The Morgan fingerprint density at radius 3 is 2.40 bits per heavy atom. The van der Waals surface area contributed by atoms with Crippen LogP contribution in [-0.4, -0.2) is 41.4 Å². The Kier molecular flexibility index (Phi) is 6.39. The van der Waals surface area contributed by atoms with Crippen molar-refractivity contribution in [3.63, 3.8) is 0 Å². The minimum Gasteiger partial charge on any atom is -0.309 e. The molecular weight excluding hydrogens is 394 g/mol. The minimum absolute atomic E-state index is 0.164. The summed E-state index contributed by atoms with van der Waals surface area (Å²) in [6.07, 6.45) is 7.72. The summed E-state index contributed by atoms with van der Waals surface area (Å²) in [7, 11) is 4.16. The van der Waals surface area contributed by atoms with Gasteiger partial charge in [0, 0.05) is 42.3 Å². The predicted molar refractivity (Wildman–Crippen MR) is 123 cm³/mol. The molecule has 6 nitrogen and oxygen atoms in total. The van der Waals surface area contributed by atoms with E-state index in [1.165, 1.54) is 52.7 Å². The van der Waals surface area contributed by atoms with E-state index in [9.17, 15) is 4.79 Å². The maximum atomic E-state index is 12.7. The number of carbonyl (C=O) groups is 1. The monoisotopic (exact) mass is 427 g/mol. The summed E-state index contributed by atoms with van der Waals surface area (Å²) in [4.78, 5) is 14.9. The Bertz CT molecular complexity index is 902. The van der Waals surface area contributed by atoms with Crippen molar-refractivity contribution in [2.24, 2.45) is 0 Å². The maximum Gasteiger partial charge on any atom is 0.329 e. The summed E-state index contributed by atoms with van der Waals surface area (Å²) in [6.45, 7) is 5.25. The minimum atomic E-state index is -0.164. The lowest BCUT2D eigenvalue weighted by atomic mass is 9.99. The lowest BCUT2D eigenvalue weighted by Gasteiger charge is -2.16. The highest BCUT2D eigenvalue weighted by Crippen LogP contribution is 2.38. The van der Waals surface area contributed by atoms with E-state index in [0.29, 0.717) is 6.04 Å². The molecule has 2 aromatic rings. The number of aryl methyl sites for hydroxylation is 2. The molecule has 0 bridgehead atoms. The van der Waals surface area contributed by atoms with Crippen LogP contribution in [0.5, 0.6) is 0 Å². The van der Waals surface area contributed by atoms with Gasteiger partial charge >= 0.3 is 6.03 Å². The number of rotatable bonds is 7. The van der Waals surface area contributed by atoms with Crippen molar-refractivity contribution in [2.75, 3.05) is 26.0 Å². The summed E-state index contributed by atoms with van der Waals surface area (Å²) in [5, 5.41) is 8.72. The second-order valence-corrected chi connectivity index (χ2v) is 9.78. The van der Waals surface area contributed by atoms with Gasteiger partial charge in [0.15, 0.2) is 0 Å². The molecule has 7 heteroatoms. The van der Waals surface area contributed by atoms with E-state index >= 15 is 0 Å². The van der Waals surface area contributed by atoms with Gasteiger partial charge in [-0.2, -0.15) is 5.10 Å². The standard InChI is InChI=1S/C23H33N5OS/c1-15(2)28-18(11-12-27(3)4)14-21(25-28)30-26-23(29)24-22-19-9-5-7-16(19)13-17-8-6-10-20(17)22/h13-15H,5-12H2,1-4H3,(H2,24,26,29). The fourth-order valence-electron chi connectivity index (χ4n) is 4.63. The average Bonchev–Trinajstić information content (AvgIpc) is 3.43. The molecule has 0 atom stereocenters. The van der Waals surface area contributed by atoms with E-state index in [-0.39, 0.29) is 6.03 Å². The largest absolute Gasteiger partial charge is 0.329 e. The highest BCUT2D eigenvalue weighted by atomic mass is 32.2. The second-order valence-electron chi connectivity index (χ2n) is 8.96. The number of anilines is 1. The summed E-state index contributed by atoms with van der Waals surface area (Å²) in [5.41, 5.74) is 7.84. The molecule has 4 rings (SSSR count). The zero-order chi connectivity index (χ0) is 21.3. The molecule has 2 aliphatic rings. The molecule has 30 heavy (non-hydrogen) atoms. The number of amides is 2. The Morgan fingerprint density at radius 1 is 1.13 bits per heavy atom. The topological polar surface area (TPSA) is 62.2 Å². The molecule has 0 unspecified atom stereocenters. The van der Waals surface area contributed by atoms with E-state index in [1.54, 1.807) is 0 Å². The highest BCUT2D eigenvalue weighted by molar-refractivity contribution is 7.97. The average molecular weight is 428 g/mol. The fourth-order valence-corrected chi connectivity index (χ4v) is 5.21. The number of likely N-dealkylation sites (N-methyl/N-ethyl adjacent to an activating group) is 1. The van der Waals surface area contributed by atoms with Crippen molar-refractivity contribution in [2.45, 2.75) is 69.9 Å². The van der Waals surface area contributed by atoms with Crippen molar-refractivity contribution in [1.82, 2.24) is 19.4 Å². The van der Waals surface area contributed by atoms with Gasteiger partial charge in [-0.15, -0.1) is 0 Å². The van der Waals surface area contributed by atoms with Crippen molar-refractivity contribution in [3.05, 3.63) is 40.1 Å². The molecule has 1 heterocycles. The summed E-state index contributed by atoms with van der Waals surface area (Å²) in [6, 6.07) is 4.60. The first-order valence-corrected chi connectivity index (χ1v) is 11.9. The second kappa shape index (κ2) is 9.02. The predicted octanol–water partition coefficient (Wildman–Crippen LogP) is 4.37. The Labute approximate surface area is 183 Å². The third-order valence-electron chi connectivity index (χ3n) is 6.05. The quantitative estimate of drug-likeness (QED) is 0.644. The van der Waals surface area contributed by atoms with Gasteiger partial charge in [-0.05, 0) is 94.8 Å². The van der Waals surface area contributed by atoms with E-state index in [0.717, 1.165) is 49.4 Å². The Hall–Kier alpha value is -1.99. The third-order valence-corrected chi connectivity index (χ3v) is 6.75. The zero-order valence-corrected chi connectivity index (χ0v) is 19.4. The fraction of sp³-hybridized carbons (Fsp3) is 0.565. The van der Waals surface area contributed by atoms with Crippen LogP contribution < -0.4 is 10.0 Å². The molecule has 0 radical (unpaired) electrons. The molecule has 162 valence electrons. The molecule has 0 aliphatic heterocycles. The van der Waals surface area contributed by atoms with Crippen molar-refractivity contribution in [1.29, 1.82) is 0 Å². The summed E-state index contributed by atoms with van der Waals surface area (Å²) in [5.74, 6) is 0. The number of fused-ring (bicyclic) bond motifs is 2. The SMILES string of the molecule is CC(C)n1nc(SNC(=O)Nc2c3c(cc4c2CCC4)CCC3)cc1CCN(C)C. The Balaban J connectivity index is 1.43. The van der Waals surface area contributed by atoms with Gasteiger partial charge in [0.1, 0.15) is 5.03 Å². The maximum absolute atomic E-state index is 12.7. The molecule has 0 saturated heterocycles. The molecular formula is C23H33N5OS. The number of carbonyl (C=O) groups excluding carboxylic acids is 1. The van der Waals surface area contributed by atoms with Gasteiger partial charge in [-0.3, -0.25) is 9.40 Å².